The Hall–Kier alpha value is -0.383. The van der Waals surface area contributed by atoms with Crippen molar-refractivity contribution in [3.05, 3.63) is 23.3 Å². The predicted molar refractivity (Wildman–Crippen MR) is 161 cm³/mol. The molecule has 0 aromatic rings. The summed E-state index contributed by atoms with van der Waals surface area (Å²) < 4.78 is 6.74. The van der Waals surface area contributed by atoms with Crippen molar-refractivity contribution in [2.45, 2.75) is 155 Å². The molecule has 0 amide bonds. The minimum Gasteiger partial charge on any atom is -0.414 e. The minimum atomic E-state index is -1.71. The first-order chi connectivity index (χ1) is 17.2. The quantitative estimate of drug-likeness (QED) is 0.318. The molecule has 2 saturated carbocycles. The zero-order chi connectivity index (χ0) is 27.2. The van der Waals surface area contributed by atoms with Gasteiger partial charge < -0.3 is 9.53 Å². The third-order valence-electron chi connectivity index (χ3n) is 12.1. The molecule has 4 aliphatic carbocycles. The summed E-state index contributed by atoms with van der Waals surface area (Å²) in [6.07, 6.45) is 19.9. The van der Waals surface area contributed by atoms with Gasteiger partial charge in [0.15, 0.2) is 8.32 Å². The Morgan fingerprint density at radius 3 is 2.38 bits per heavy atom. The van der Waals surface area contributed by atoms with E-state index in [9.17, 15) is 5.11 Å². The van der Waals surface area contributed by atoms with E-state index in [1.54, 1.807) is 11.1 Å². The van der Waals surface area contributed by atoms with Crippen molar-refractivity contribution < 1.29 is 9.53 Å². The highest BCUT2D eigenvalue weighted by atomic mass is 28.4. The van der Waals surface area contributed by atoms with Gasteiger partial charge >= 0.3 is 0 Å². The summed E-state index contributed by atoms with van der Waals surface area (Å²) in [5, 5.41) is 12.5. The molecular weight excluding hydrogens is 468 g/mol. The van der Waals surface area contributed by atoms with Crippen LogP contribution in [0.3, 0.4) is 0 Å². The van der Waals surface area contributed by atoms with E-state index in [1.165, 1.54) is 44.9 Å². The van der Waals surface area contributed by atoms with E-state index in [4.69, 9.17) is 4.43 Å². The molecule has 1 unspecified atom stereocenters. The fraction of sp³-hybridized carbons (Fsp3) is 0.882. The summed E-state index contributed by atoms with van der Waals surface area (Å²) in [4.78, 5) is 0. The van der Waals surface area contributed by atoms with Crippen molar-refractivity contribution in [3.63, 3.8) is 0 Å². The van der Waals surface area contributed by atoms with Gasteiger partial charge in [0.25, 0.3) is 0 Å². The Morgan fingerprint density at radius 2 is 1.76 bits per heavy atom. The van der Waals surface area contributed by atoms with Gasteiger partial charge in [-0.05, 0) is 122 Å². The van der Waals surface area contributed by atoms with E-state index < -0.39 is 13.9 Å². The van der Waals surface area contributed by atoms with Gasteiger partial charge in [0.1, 0.15) is 0 Å². The summed E-state index contributed by atoms with van der Waals surface area (Å²) >= 11 is 0. The van der Waals surface area contributed by atoms with Crippen molar-refractivity contribution in [2.24, 2.45) is 35.0 Å². The van der Waals surface area contributed by atoms with Crippen LogP contribution in [0, 0.1) is 35.0 Å². The molecule has 4 aliphatic rings. The van der Waals surface area contributed by atoms with Crippen LogP contribution in [-0.4, -0.2) is 25.1 Å². The van der Waals surface area contributed by atoms with Crippen LogP contribution >= 0.6 is 0 Å². The van der Waals surface area contributed by atoms with Crippen molar-refractivity contribution >= 4 is 8.32 Å². The molecule has 0 aromatic carbocycles. The number of allylic oxidation sites excluding steroid dienone is 2. The van der Waals surface area contributed by atoms with Crippen LogP contribution in [-0.2, 0) is 4.43 Å². The lowest BCUT2D eigenvalue weighted by molar-refractivity contribution is -0.148. The van der Waals surface area contributed by atoms with Gasteiger partial charge in [-0.15, -0.1) is 0 Å². The van der Waals surface area contributed by atoms with Crippen molar-refractivity contribution in [1.82, 2.24) is 0 Å². The molecule has 0 heterocycles. The van der Waals surface area contributed by atoms with Crippen LogP contribution in [0.4, 0.5) is 0 Å². The average molecular weight is 529 g/mol. The first-order valence-electron chi connectivity index (χ1n) is 16.0. The molecular formula is C34H60O2Si. The monoisotopic (exact) mass is 528 g/mol. The molecule has 212 valence electrons. The summed E-state index contributed by atoms with van der Waals surface area (Å²) in [7, 11) is -1.71. The molecule has 2 nitrogen and oxygen atoms in total. The first kappa shape index (κ1) is 29.6. The first-order valence-corrected chi connectivity index (χ1v) is 18.9. The largest absolute Gasteiger partial charge is 0.414 e. The van der Waals surface area contributed by atoms with E-state index in [1.807, 2.05) is 0 Å². The molecule has 1 N–H and O–H groups in total. The second-order valence-electron chi connectivity index (χ2n) is 15.9. The fourth-order valence-corrected chi connectivity index (χ4v) is 10.1. The van der Waals surface area contributed by atoms with E-state index in [-0.39, 0.29) is 5.04 Å². The highest BCUT2D eigenvalue weighted by molar-refractivity contribution is 6.74. The molecule has 4 rings (SSSR count). The lowest BCUT2D eigenvalue weighted by atomic mass is 9.51. The van der Waals surface area contributed by atoms with Gasteiger partial charge in [0, 0.05) is 6.10 Å². The Labute approximate surface area is 231 Å². The second-order valence-corrected chi connectivity index (χ2v) is 20.7. The zero-order valence-corrected chi connectivity index (χ0v) is 27.0. The third kappa shape index (κ3) is 5.90. The second kappa shape index (κ2) is 10.9. The molecule has 2 fully saturated rings. The van der Waals surface area contributed by atoms with Crippen LogP contribution in [0.5, 0.6) is 0 Å². The Balaban J connectivity index is 1.40. The normalized spacial score (nSPS) is 37.6. The van der Waals surface area contributed by atoms with Crippen molar-refractivity contribution in [1.29, 1.82) is 0 Å². The van der Waals surface area contributed by atoms with Gasteiger partial charge in [-0.1, -0.05) is 79.9 Å². The molecule has 0 aromatic heterocycles. The van der Waals surface area contributed by atoms with E-state index >= 15 is 0 Å². The van der Waals surface area contributed by atoms with Crippen LogP contribution < -0.4 is 0 Å². The zero-order valence-electron chi connectivity index (χ0n) is 26.0. The lowest BCUT2D eigenvalue weighted by Crippen LogP contribution is -2.56. The van der Waals surface area contributed by atoms with Crippen molar-refractivity contribution in [2.75, 3.05) is 0 Å². The summed E-state index contributed by atoms with van der Waals surface area (Å²) in [5.41, 5.74) is 2.97. The third-order valence-corrected chi connectivity index (χ3v) is 16.6. The predicted octanol–water partition coefficient (Wildman–Crippen LogP) is 9.84. The average Bonchev–Trinajstić information content (AvgIpc) is 3.16. The van der Waals surface area contributed by atoms with E-state index in [0.29, 0.717) is 23.4 Å². The smallest absolute Gasteiger partial charge is 0.192 e. The van der Waals surface area contributed by atoms with Crippen LogP contribution in [0.1, 0.15) is 126 Å². The SMILES string of the molecule is CC(C)CCC[C@@H](C)[C@H]1CC[C@@H]2[C@]1(C)CC[C@H]1CC(C3=CCC(O[Si](C)(C)C(C)(C)C)CC3)=CC[C@]12O. The van der Waals surface area contributed by atoms with Gasteiger partial charge in [0.05, 0.1) is 5.60 Å². The highest BCUT2D eigenvalue weighted by Crippen LogP contribution is 2.65. The molecule has 7 atom stereocenters. The van der Waals surface area contributed by atoms with Gasteiger partial charge in [-0.25, -0.2) is 0 Å². The topological polar surface area (TPSA) is 29.5 Å². The Bertz CT molecular complexity index is 864. The maximum absolute atomic E-state index is 12.3. The Kier molecular flexibility index (Phi) is 8.71. The van der Waals surface area contributed by atoms with Crippen molar-refractivity contribution in [3.8, 4) is 0 Å². The van der Waals surface area contributed by atoms with Gasteiger partial charge in [-0.2, -0.15) is 0 Å². The number of hydrogen-bond donors (Lipinski definition) is 1. The summed E-state index contributed by atoms with van der Waals surface area (Å²) in [6.45, 7) is 21.6. The maximum Gasteiger partial charge on any atom is 0.192 e. The molecule has 0 aliphatic heterocycles. The van der Waals surface area contributed by atoms with Gasteiger partial charge in [-0.3, -0.25) is 0 Å². The van der Waals surface area contributed by atoms with Gasteiger partial charge in [0.2, 0.25) is 0 Å². The summed E-state index contributed by atoms with van der Waals surface area (Å²) in [6, 6.07) is 0. The highest BCUT2D eigenvalue weighted by Gasteiger charge is 2.61. The molecule has 0 radical (unpaired) electrons. The Morgan fingerprint density at radius 1 is 1.03 bits per heavy atom. The molecule has 37 heavy (non-hydrogen) atoms. The van der Waals surface area contributed by atoms with Crippen LogP contribution in [0.15, 0.2) is 23.3 Å². The van der Waals surface area contributed by atoms with E-state index in [0.717, 1.165) is 49.9 Å². The molecule has 0 spiro atoms. The van der Waals surface area contributed by atoms with Crippen LogP contribution in [0.25, 0.3) is 0 Å². The molecule has 0 saturated heterocycles. The molecule has 3 heteroatoms. The lowest BCUT2D eigenvalue weighted by Gasteiger charge is -2.56. The fourth-order valence-electron chi connectivity index (χ4n) is 8.74. The molecule has 0 bridgehead atoms. The standard InChI is InChI=1S/C34H60O2Si/c1-24(2)11-10-12-25(3)30-17-18-31-33(30,7)21-20-28-23-27(19-22-34(28,31)35)26-13-15-29(16-14-26)36-37(8,9)32(4,5)6/h13,19,24-25,28-31,35H,10-12,14-18,20-23H2,1-9H3/t25-,28+,29?,30-,31-,33-,34+/m1/s1. The number of aliphatic hydroxyl groups is 1. The van der Waals surface area contributed by atoms with Crippen LogP contribution in [0.2, 0.25) is 18.1 Å². The number of rotatable bonds is 8. The van der Waals surface area contributed by atoms with E-state index in [2.05, 4.69) is 73.7 Å². The minimum absolute atomic E-state index is 0.272. The number of fused-ring (bicyclic) bond motifs is 3. The summed E-state index contributed by atoms with van der Waals surface area (Å²) in [5.74, 6) is 3.32. The number of hydrogen-bond acceptors (Lipinski definition) is 2. The maximum atomic E-state index is 12.3.